The molecule has 2 unspecified atom stereocenters. The standard InChI is InChI=1S/C7H14O7/c1-3(9)14-7(13)6(12)5(11)4(10)2-8/h4-8,10-13H,2H2,1H3/t4-,5?,6-,7?/m0/s1. The van der Waals surface area contributed by atoms with E-state index in [2.05, 4.69) is 4.74 Å². The van der Waals surface area contributed by atoms with Crippen molar-refractivity contribution < 1.29 is 35.1 Å². The molecule has 0 radical (unpaired) electrons. The van der Waals surface area contributed by atoms with Crippen LogP contribution in [0.5, 0.6) is 0 Å². The molecule has 7 heteroatoms. The molecule has 0 rings (SSSR count). The molecule has 4 atom stereocenters. The lowest BCUT2D eigenvalue weighted by atomic mass is 10.1. The van der Waals surface area contributed by atoms with Gasteiger partial charge in [-0.1, -0.05) is 0 Å². The van der Waals surface area contributed by atoms with Gasteiger partial charge in [0.05, 0.1) is 6.61 Å². The molecule has 0 fully saturated rings. The van der Waals surface area contributed by atoms with Crippen molar-refractivity contribution in [3.63, 3.8) is 0 Å². The largest absolute Gasteiger partial charge is 0.433 e. The summed E-state index contributed by atoms with van der Waals surface area (Å²) in [5, 5.41) is 44.4. The first-order valence-electron chi connectivity index (χ1n) is 3.90. The third-order valence-corrected chi connectivity index (χ3v) is 1.51. The molecule has 5 N–H and O–H groups in total. The fourth-order valence-electron chi connectivity index (χ4n) is 0.744. The number of hydrogen-bond donors (Lipinski definition) is 5. The van der Waals surface area contributed by atoms with Crippen LogP contribution in [0, 0.1) is 0 Å². The molecule has 0 saturated heterocycles. The van der Waals surface area contributed by atoms with Crippen LogP contribution in [0.2, 0.25) is 0 Å². The van der Waals surface area contributed by atoms with Crippen LogP contribution in [0.1, 0.15) is 6.92 Å². The van der Waals surface area contributed by atoms with E-state index in [-0.39, 0.29) is 0 Å². The van der Waals surface area contributed by atoms with Crippen LogP contribution in [0.4, 0.5) is 0 Å². The maximum atomic E-state index is 10.3. The Balaban J connectivity index is 4.15. The van der Waals surface area contributed by atoms with Gasteiger partial charge in [0.1, 0.15) is 18.3 Å². The Labute approximate surface area is 80.2 Å². The number of hydrogen-bond acceptors (Lipinski definition) is 7. The van der Waals surface area contributed by atoms with E-state index >= 15 is 0 Å². The molecule has 0 spiro atoms. The van der Waals surface area contributed by atoms with Gasteiger partial charge < -0.3 is 30.3 Å². The molecule has 7 nitrogen and oxygen atoms in total. The van der Waals surface area contributed by atoms with Crippen molar-refractivity contribution in [1.82, 2.24) is 0 Å². The van der Waals surface area contributed by atoms with E-state index in [9.17, 15) is 4.79 Å². The van der Waals surface area contributed by atoms with E-state index < -0.39 is 37.2 Å². The second kappa shape index (κ2) is 5.89. The zero-order chi connectivity index (χ0) is 11.3. The molecule has 0 bridgehead atoms. The van der Waals surface area contributed by atoms with Gasteiger partial charge >= 0.3 is 5.97 Å². The number of ether oxygens (including phenoxy) is 1. The van der Waals surface area contributed by atoms with E-state index in [4.69, 9.17) is 25.5 Å². The summed E-state index contributed by atoms with van der Waals surface area (Å²) in [5.41, 5.74) is 0. The predicted octanol–water partition coefficient (Wildman–Crippen LogP) is -3.06. The second-order valence-corrected chi connectivity index (χ2v) is 2.73. The first-order chi connectivity index (χ1) is 6.40. The van der Waals surface area contributed by atoms with E-state index in [1.165, 1.54) is 0 Å². The normalized spacial score (nSPS) is 19.6. The third kappa shape index (κ3) is 3.99. The zero-order valence-electron chi connectivity index (χ0n) is 7.57. The van der Waals surface area contributed by atoms with Crippen LogP contribution in [0.25, 0.3) is 0 Å². The topological polar surface area (TPSA) is 127 Å². The summed E-state index contributed by atoms with van der Waals surface area (Å²) in [4.78, 5) is 10.3. The van der Waals surface area contributed by atoms with Gasteiger partial charge in [0, 0.05) is 6.92 Å². The molecule has 14 heavy (non-hydrogen) atoms. The van der Waals surface area contributed by atoms with Crippen LogP contribution >= 0.6 is 0 Å². The van der Waals surface area contributed by atoms with Crippen LogP contribution < -0.4 is 0 Å². The Morgan fingerprint density at radius 1 is 1.21 bits per heavy atom. The Morgan fingerprint density at radius 3 is 2.07 bits per heavy atom. The van der Waals surface area contributed by atoms with E-state index in [1.54, 1.807) is 0 Å². The fraction of sp³-hybridized carbons (Fsp3) is 0.857. The van der Waals surface area contributed by atoms with E-state index in [1.807, 2.05) is 0 Å². The average molecular weight is 210 g/mol. The van der Waals surface area contributed by atoms with Gasteiger partial charge in [-0.25, -0.2) is 0 Å². The summed E-state index contributed by atoms with van der Waals surface area (Å²) in [6.45, 7) is 0.218. The van der Waals surface area contributed by atoms with E-state index in [0.29, 0.717) is 0 Å². The molecule has 0 heterocycles. The Kier molecular flexibility index (Phi) is 5.58. The van der Waals surface area contributed by atoms with Gasteiger partial charge in [0.25, 0.3) is 0 Å². The summed E-state index contributed by atoms with van der Waals surface area (Å²) in [6.07, 6.45) is -7.23. The fourth-order valence-corrected chi connectivity index (χ4v) is 0.744. The minimum absolute atomic E-state index is 0.787. The number of aliphatic hydroxyl groups excluding tert-OH is 5. The van der Waals surface area contributed by atoms with Crippen LogP contribution in [-0.4, -0.2) is 62.7 Å². The number of rotatable bonds is 5. The lowest BCUT2D eigenvalue weighted by Gasteiger charge is -2.24. The molecule has 0 aliphatic carbocycles. The van der Waals surface area contributed by atoms with Gasteiger partial charge in [-0.2, -0.15) is 0 Å². The molecular weight excluding hydrogens is 196 g/mol. The Morgan fingerprint density at radius 2 is 1.71 bits per heavy atom. The first-order valence-corrected chi connectivity index (χ1v) is 3.90. The smallest absolute Gasteiger partial charge is 0.305 e. The van der Waals surface area contributed by atoms with Crippen molar-refractivity contribution in [3.05, 3.63) is 0 Å². The number of aliphatic hydroxyl groups is 5. The highest BCUT2D eigenvalue weighted by atomic mass is 16.6. The monoisotopic (exact) mass is 210 g/mol. The summed E-state index contributed by atoms with van der Waals surface area (Å²) in [6, 6.07) is 0. The molecule has 84 valence electrons. The van der Waals surface area contributed by atoms with Crippen molar-refractivity contribution in [3.8, 4) is 0 Å². The molecule has 0 aliphatic heterocycles. The number of carbonyl (C=O) groups excluding carboxylic acids is 1. The molecule has 0 saturated carbocycles. The minimum Gasteiger partial charge on any atom is -0.433 e. The molecule has 0 aromatic heterocycles. The minimum atomic E-state index is -1.94. The zero-order valence-corrected chi connectivity index (χ0v) is 7.57. The van der Waals surface area contributed by atoms with Gasteiger partial charge in [-0.3, -0.25) is 4.79 Å². The van der Waals surface area contributed by atoms with Crippen LogP contribution in [0.15, 0.2) is 0 Å². The number of carbonyl (C=O) groups is 1. The molecular formula is C7H14O7. The molecule has 0 aliphatic rings. The highest BCUT2D eigenvalue weighted by molar-refractivity contribution is 5.66. The van der Waals surface area contributed by atoms with Crippen molar-refractivity contribution in [2.45, 2.75) is 31.5 Å². The van der Waals surface area contributed by atoms with Gasteiger partial charge in [-0.15, -0.1) is 0 Å². The maximum absolute atomic E-state index is 10.3. The average Bonchev–Trinajstić information content (AvgIpc) is 2.13. The van der Waals surface area contributed by atoms with Crippen molar-refractivity contribution >= 4 is 5.97 Å². The maximum Gasteiger partial charge on any atom is 0.305 e. The lowest BCUT2D eigenvalue weighted by Crippen LogP contribution is -2.47. The highest BCUT2D eigenvalue weighted by Crippen LogP contribution is 2.06. The van der Waals surface area contributed by atoms with Gasteiger partial charge in [0.15, 0.2) is 0 Å². The Hall–Kier alpha value is -0.730. The molecule has 0 aromatic carbocycles. The quantitative estimate of drug-likeness (QED) is 0.241. The second-order valence-electron chi connectivity index (χ2n) is 2.73. The first kappa shape index (κ1) is 13.3. The SMILES string of the molecule is CC(=O)OC(O)[C@@H](O)C(O)[C@@H](O)CO. The molecule has 0 aromatic rings. The highest BCUT2D eigenvalue weighted by Gasteiger charge is 2.31. The Bertz CT molecular complexity index is 183. The lowest BCUT2D eigenvalue weighted by molar-refractivity contribution is -0.207. The number of esters is 1. The molecule has 0 amide bonds. The van der Waals surface area contributed by atoms with Crippen LogP contribution in [-0.2, 0) is 9.53 Å². The van der Waals surface area contributed by atoms with Crippen molar-refractivity contribution in [1.29, 1.82) is 0 Å². The third-order valence-electron chi connectivity index (χ3n) is 1.51. The van der Waals surface area contributed by atoms with Crippen LogP contribution in [0.3, 0.4) is 0 Å². The summed E-state index contributed by atoms with van der Waals surface area (Å²) < 4.78 is 4.14. The van der Waals surface area contributed by atoms with Gasteiger partial charge in [0.2, 0.25) is 6.29 Å². The van der Waals surface area contributed by atoms with Crippen molar-refractivity contribution in [2.75, 3.05) is 6.61 Å². The van der Waals surface area contributed by atoms with Crippen molar-refractivity contribution in [2.24, 2.45) is 0 Å². The summed E-state index contributed by atoms with van der Waals surface area (Å²) in [5.74, 6) is -0.845. The van der Waals surface area contributed by atoms with Gasteiger partial charge in [-0.05, 0) is 0 Å². The summed E-state index contributed by atoms with van der Waals surface area (Å²) >= 11 is 0. The summed E-state index contributed by atoms with van der Waals surface area (Å²) in [7, 11) is 0. The van der Waals surface area contributed by atoms with E-state index in [0.717, 1.165) is 6.92 Å². The predicted molar refractivity (Wildman–Crippen MR) is 42.9 cm³/mol.